The molecule has 0 radical (unpaired) electrons. The Bertz CT molecular complexity index is 302. The summed E-state index contributed by atoms with van der Waals surface area (Å²) < 4.78 is 56.3. The summed E-state index contributed by atoms with van der Waals surface area (Å²) in [5, 5.41) is 0. The average molecular weight is 304 g/mol. The lowest BCUT2D eigenvalue weighted by atomic mass is 9.92. The highest BCUT2D eigenvalue weighted by molar-refractivity contribution is 7.46. The van der Waals surface area contributed by atoms with E-state index in [-0.39, 0.29) is 26.4 Å². The van der Waals surface area contributed by atoms with Crippen LogP contribution in [0.15, 0.2) is 0 Å². The molecule has 1 fully saturated rings. The van der Waals surface area contributed by atoms with Crippen molar-refractivity contribution in [2.75, 3.05) is 40.2 Å². The van der Waals surface area contributed by atoms with Crippen molar-refractivity contribution in [3.05, 3.63) is 0 Å². The molecular formula is C10H16F3O5P. The van der Waals surface area contributed by atoms with Gasteiger partial charge in [-0.1, -0.05) is 0 Å². The predicted molar refractivity (Wildman–Crippen MR) is 60.7 cm³/mol. The number of rotatable bonds is 5. The van der Waals surface area contributed by atoms with Crippen molar-refractivity contribution in [2.45, 2.75) is 12.6 Å². The molecule has 1 rings (SSSR count). The summed E-state index contributed by atoms with van der Waals surface area (Å²) in [5.41, 5.74) is -0.745. The number of esters is 1. The Morgan fingerprint density at radius 1 is 1.32 bits per heavy atom. The monoisotopic (exact) mass is 304 g/mol. The second-order valence-corrected chi connectivity index (χ2v) is 5.77. The number of methoxy groups -OCH3 is 1. The lowest BCUT2D eigenvalue weighted by Crippen LogP contribution is -2.43. The first-order valence-electron chi connectivity index (χ1n) is 5.47. The molecule has 9 heteroatoms. The van der Waals surface area contributed by atoms with Gasteiger partial charge >= 0.3 is 12.1 Å². The van der Waals surface area contributed by atoms with Gasteiger partial charge in [-0.2, -0.15) is 13.2 Å². The van der Waals surface area contributed by atoms with E-state index in [0.717, 1.165) is 0 Å². The van der Waals surface area contributed by atoms with E-state index >= 15 is 0 Å². The maximum absolute atomic E-state index is 12.0. The molecule has 0 aromatic rings. The summed E-state index contributed by atoms with van der Waals surface area (Å²) in [4.78, 5) is 11.1. The quantitative estimate of drug-likeness (QED) is 0.575. The standard InChI is InChI=1S/C10H16F3O5P/c1-15-4-9(6-17-19(2)18-7-9)5-16-8(14)3-10(11,12)13/h3-7H2,1-2H3. The van der Waals surface area contributed by atoms with Crippen molar-refractivity contribution < 1.29 is 36.5 Å². The Hall–Kier alpha value is -0.430. The molecule has 0 aromatic carbocycles. The van der Waals surface area contributed by atoms with Crippen LogP contribution in [-0.2, 0) is 23.3 Å². The number of hydrogen-bond donors (Lipinski definition) is 0. The zero-order valence-corrected chi connectivity index (χ0v) is 11.6. The highest BCUT2D eigenvalue weighted by Crippen LogP contribution is 2.43. The fraction of sp³-hybridized carbons (Fsp3) is 0.900. The van der Waals surface area contributed by atoms with E-state index < -0.39 is 32.4 Å². The van der Waals surface area contributed by atoms with Gasteiger partial charge in [-0.25, -0.2) is 0 Å². The van der Waals surface area contributed by atoms with Crippen LogP contribution in [0, 0.1) is 5.41 Å². The molecule has 1 aliphatic rings. The highest BCUT2D eigenvalue weighted by Gasteiger charge is 2.39. The fourth-order valence-electron chi connectivity index (χ4n) is 1.50. The smallest absolute Gasteiger partial charge is 0.399 e. The minimum atomic E-state index is -4.57. The van der Waals surface area contributed by atoms with Gasteiger partial charge in [0, 0.05) is 13.8 Å². The third-order valence-electron chi connectivity index (χ3n) is 2.44. The molecule has 1 aliphatic heterocycles. The van der Waals surface area contributed by atoms with Gasteiger partial charge in [-0.15, -0.1) is 0 Å². The van der Waals surface area contributed by atoms with Gasteiger partial charge in [0.05, 0.1) is 25.2 Å². The van der Waals surface area contributed by atoms with Crippen LogP contribution in [0.3, 0.4) is 0 Å². The van der Waals surface area contributed by atoms with Crippen LogP contribution in [0.4, 0.5) is 13.2 Å². The third-order valence-corrected chi connectivity index (χ3v) is 3.43. The summed E-state index contributed by atoms with van der Waals surface area (Å²) in [6.07, 6.45) is -6.17. The Morgan fingerprint density at radius 2 is 1.89 bits per heavy atom. The van der Waals surface area contributed by atoms with Gasteiger partial charge in [-0.3, -0.25) is 4.79 Å². The molecule has 5 nitrogen and oxygen atoms in total. The minimum absolute atomic E-state index is 0.176. The number of alkyl halides is 3. The molecule has 19 heavy (non-hydrogen) atoms. The van der Waals surface area contributed by atoms with Gasteiger partial charge in [-0.05, 0) is 0 Å². The maximum atomic E-state index is 12.0. The van der Waals surface area contributed by atoms with Gasteiger partial charge in [0.15, 0.2) is 8.38 Å². The first kappa shape index (κ1) is 16.6. The van der Waals surface area contributed by atoms with Crippen LogP contribution in [0.5, 0.6) is 0 Å². The first-order chi connectivity index (χ1) is 8.76. The van der Waals surface area contributed by atoms with Gasteiger partial charge in [0.25, 0.3) is 0 Å². The molecule has 112 valence electrons. The molecule has 1 heterocycles. The summed E-state index contributed by atoms with van der Waals surface area (Å²) in [5.74, 6) is -1.31. The van der Waals surface area contributed by atoms with Crippen molar-refractivity contribution in [3.8, 4) is 0 Å². The largest absolute Gasteiger partial charge is 0.465 e. The Balaban J connectivity index is 2.48. The lowest BCUT2D eigenvalue weighted by Gasteiger charge is -2.37. The van der Waals surface area contributed by atoms with E-state index in [2.05, 4.69) is 4.74 Å². The average Bonchev–Trinajstić information content (AvgIpc) is 2.29. The van der Waals surface area contributed by atoms with Crippen LogP contribution in [-0.4, -0.2) is 52.3 Å². The summed E-state index contributed by atoms with van der Waals surface area (Å²) in [6, 6.07) is 0. The molecule has 0 amide bonds. The topological polar surface area (TPSA) is 54.0 Å². The van der Waals surface area contributed by atoms with Crippen LogP contribution in [0.2, 0.25) is 0 Å². The number of carbonyl (C=O) groups excluding carboxylic acids is 1. The minimum Gasteiger partial charge on any atom is -0.465 e. The van der Waals surface area contributed by atoms with Crippen molar-refractivity contribution in [2.24, 2.45) is 5.41 Å². The molecule has 0 N–H and O–H groups in total. The molecular weight excluding hydrogens is 288 g/mol. The molecule has 0 aromatic heterocycles. The zero-order chi connectivity index (χ0) is 14.5. The lowest BCUT2D eigenvalue weighted by molar-refractivity contribution is -0.176. The molecule has 0 atom stereocenters. The van der Waals surface area contributed by atoms with Gasteiger partial charge in [0.2, 0.25) is 0 Å². The summed E-state index contributed by atoms with van der Waals surface area (Å²) in [6.45, 7) is 2.17. The molecule has 0 aliphatic carbocycles. The second kappa shape index (κ2) is 6.83. The first-order valence-corrected chi connectivity index (χ1v) is 7.10. The molecule has 0 saturated carbocycles. The maximum Gasteiger partial charge on any atom is 0.399 e. The Morgan fingerprint density at radius 3 is 2.37 bits per heavy atom. The zero-order valence-electron chi connectivity index (χ0n) is 10.7. The summed E-state index contributed by atoms with van der Waals surface area (Å²) >= 11 is 0. The van der Waals surface area contributed by atoms with E-state index in [1.807, 2.05) is 0 Å². The fourth-order valence-corrected chi connectivity index (χ4v) is 2.48. The SMILES string of the molecule is COCC1(COC(=O)CC(F)(F)F)COP(C)OC1. The van der Waals surface area contributed by atoms with Crippen LogP contribution in [0.1, 0.15) is 6.42 Å². The van der Waals surface area contributed by atoms with Crippen LogP contribution in [0.25, 0.3) is 0 Å². The summed E-state index contributed by atoms with van der Waals surface area (Å²) in [7, 11) is 0.462. The predicted octanol–water partition coefficient (Wildman–Crippen LogP) is 2.10. The molecule has 0 spiro atoms. The number of halogens is 3. The Labute approximate surface area is 110 Å². The van der Waals surface area contributed by atoms with Crippen molar-refractivity contribution in [3.63, 3.8) is 0 Å². The van der Waals surface area contributed by atoms with Crippen LogP contribution < -0.4 is 0 Å². The van der Waals surface area contributed by atoms with Crippen molar-refractivity contribution in [1.82, 2.24) is 0 Å². The molecule has 1 saturated heterocycles. The van der Waals surface area contributed by atoms with Crippen molar-refractivity contribution >= 4 is 14.3 Å². The number of hydrogen-bond acceptors (Lipinski definition) is 5. The van der Waals surface area contributed by atoms with E-state index in [1.54, 1.807) is 6.66 Å². The van der Waals surface area contributed by atoms with E-state index in [9.17, 15) is 18.0 Å². The van der Waals surface area contributed by atoms with Gasteiger partial charge < -0.3 is 18.5 Å². The number of carbonyl (C=O) groups is 1. The number of ether oxygens (including phenoxy) is 2. The second-order valence-electron chi connectivity index (χ2n) is 4.37. The van der Waals surface area contributed by atoms with E-state index in [0.29, 0.717) is 0 Å². The van der Waals surface area contributed by atoms with Crippen LogP contribution >= 0.6 is 8.38 Å². The van der Waals surface area contributed by atoms with E-state index in [1.165, 1.54) is 7.11 Å². The Kier molecular flexibility index (Phi) is 5.98. The highest BCUT2D eigenvalue weighted by atomic mass is 31.2. The normalized spacial score (nSPS) is 28.2. The molecule has 0 unspecified atom stereocenters. The van der Waals surface area contributed by atoms with E-state index in [4.69, 9.17) is 13.8 Å². The third kappa shape index (κ3) is 6.03. The van der Waals surface area contributed by atoms with Gasteiger partial charge in [0.1, 0.15) is 13.0 Å². The molecule has 0 bridgehead atoms. The van der Waals surface area contributed by atoms with Crippen molar-refractivity contribution in [1.29, 1.82) is 0 Å².